The highest BCUT2D eigenvalue weighted by atomic mass is 16.1. The molecule has 3 rings (SSSR count). The van der Waals surface area contributed by atoms with E-state index in [4.69, 9.17) is 0 Å². The maximum Gasteiger partial charge on any atom is 0.258 e. The Balaban J connectivity index is 1.64. The van der Waals surface area contributed by atoms with Crippen molar-refractivity contribution >= 4 is 24.0 Å². The minimum atomic E-state index is -0.238. The first-order valence-corrected chi connectivity index (χ1v) is 7.80. The largest absolute Gasteiger partial charge is 0.342 e. The van der Waals surface area contributed by atoms with Gasteiger partial charge in [0.15, 0.2) is 0 Å². The maximum absolute atomic E-state index is 12.2. The summed E-state index contributed by atoms with van der Waals surface area (Å²) in [6, 6.07) is 7.60. The predicted octanol–water partition coefficient (Wildman–Crippen LogP) is 1.32. The zero-order valence-electron chi connectivity index (χ0n) is 13.5. The van der Waals surface area contributed by atoms with E-state index in [1.807, 2.05) is 36.1 Å². The molecule has 0 spiro atoms. The summed E-state index contributed by atoms with van der Waals surface area (Å²) < 4.78 is 0. The summed E-state index contributed by atoms with van der Waals surface area (Å²) >= 11 is 0. The van der Waals surface area contributed by atoms with Crippen LogP contribution in [-0.2, 0) is 4.79 Å². The van der Waals surface area contributed by atoms with Crippen LogP contribution in [0.1, 0.15) is 15.9 Å². The third-order valence-corrected chi connectivity index (χ3v) is 3.92. The molecule has 1 aliphatic rings. The highest BCUT2D eigenvalue weighted by molar-refractivity contribution is 6.03. The zero-order chi connectivity index (χ0) is 16.9. The van der Waals surface area contributed by atoms with Gasteiger partial charge in [0.25, 0.3) is 5.91 Å². The first-order valence-electron chi connectivity index (χ1n) is 7.80. The SMILES string of the molecule is Cc1cccc(NC(=O)c2cnc(N3CCN(C=O)CC3)nc2)c1. The van der Waals surface area contributed by atoms with Crippen molar-refractivity contribution < 1.29 is 9.59 Å². The lowest BCUT2D eigenvalue weighted by molar-refractivity contribution is -0.118. The van der Waals surface area contributed by atoms with E-state index in [1.165, 1.54) is 12.4 Å². The van der Waals surface area contributed by atoms with Gasteiger partial charge in [-0.15, -0.1) is 0 Å². The van der Waals surface area contributed by atoms with Crippen LogP contribution in [0.2, 0.25) is 0 Å². The van der Waals surface area contributed by atoms with Gasteiger partial charge in [-0.1, -0.05) is 12.1 Å². The van der Waals surface area contributed by atoms with Crippen LogP contribution in [0.25, 0.3) is 0 Å². The minimum absolute atomic E-state index is 0.238. The highest BCUT2D eigenvalue weighted by Crippen LogP contribution is 2.13. The Morgan fingerprint density at radius 1 is 1.17 bits per heavy atom. The van der Waals surface area contributed by atoms with E-state index in [0.29, 0.717) is 37.7 Å². The fourth-order valence-electron chi connectivity index (χ4n) is 2.56. The van der Waals surface area contributed by atoms with E-state index in [1.54, 1.807) is 4.90 Å². The Morgan fingerprint density at radius 3 is 2.50 bits per heavy atom. The second kappa shape index (κ2) is 7.08. The topological polar surface area (TPSA) is 78.4 Å². The van der Waals surface area contributed by atoms with Crippen LogP contribution in [0, 0.1) is 6.92 Å². The molecule has 2 heterocycles. The summed E-state index contributed by atoms with van der Waals surface area (Å²) in [5.74, 6) is 0.338. The molecule has 1 saturated heterocycles. The second-order valence-corrected chi connectivity index (χ2v) is 5.72. The van der Waals surface area contributed by atoms with Gasteiger partial charge in [-0.2, -0.15) is 0 Å². The van der Waals surface area contributed by atoms with E-state index < -0.39 is 0 Å². The molecule has 0 bridgehead atoms. The van der Waals surface area contributed by atoms with Crippen molar-refractivity contribution in [2.45, 2.75) is 6.92 Å². The van der Waals surface area contributed by atoms with Crippen molar-refractivity contribution in [1.29, 1.82) is 0 Å². The molecule has 7 nitrogen and oxygen atoms in total. The first-order chi connectivity index (χ1) is 11.7. The van der Waals surface area contributed by atoms with Crippen molar-refractivity contribution in [1.82, 2.24) is 14.9 Å². The monoisotopic (exact) mass is 325 g/mol. The molecule has 7 heteroatoms. The molecule has 0 atom stereocenters. The molecule has 124 valence electrons. The molecule has 2 amide bonds. The summed E-state index contributed by atoms with van der Waals surface area (Å²) in [5.41, 5.74) is 2.23. The van der Waals surface area contributed by atoms with Crippen LogP contribution in [0.15, 0.2) is 36.7 Å². The Kier molecular flexibility index (Phi) is 4.69. The van der Waals surface area contributed by atoms with Crippen molar-refractivity contribution in [3.63, 3.8) is 0 Å². The number of nitrogens with zero attached hydrogens (tertiary/aromatic N) is 4. The van der Waals surface area contributed by atoms with E-state index in [0.717, 1.165) is 17.7 Å². The summed E-state index contributed by atoms with van der Waals surface area (Å²) in [4.78, 5) is 35.3. The van der Waals surface area contributed by atoms with Crippen molar-refractivity contribution in [2.24, 2.45) is 0 Å². The van der Waals surface area contributed by atoms with Gasteiger partial charge in [-0.25, -0.2) is 9.97 Å². The summed E-state index contributed by atoms with van der Waals surface area (Å²) in [6.45, 7) is 4.66. The molecule has 1 aromatic carbocycles. The third-order valence-electron chi connectivity index (χ3n) is 3.92. The molecule has 1 aromatic heterocycles. The third kappa shape index (κ3) is 3.68. The number of nitrogens with one attached hydrogen (secondary N) is 1. The van der Waals surface area contributed by atoms with Crippen molar-refractivity contribution in [3.05, 3.63) is 47.8 Å². The average molecular weight is 325 g/mol. The number of carbonyl (C=O) groups excluding carboxylic acids is 2. The van der Waals surface area contributed by atoms with Gasteiger partial charge >= 0.3 is 0 Å². The van der Waals surface area contributed by atoms with Gasteiger partial charge in [0, 0.05) is 44.3 Å². The van der Waals surface area contributed by atoms with Gasteiger partial charge in [0.1, 0.15) is 0 Å². The minimum Gasteiger partial charge on any atom is -0.342 e. The van der Waals surface area contributed by atoms with E-state index >= 15 is 0 Å². The van der Waals surface area contributed by atoms with Crippen molar-refractivity contribution in [2.75, 3.05) is 36.4 Å². The number of anilines is 2. The number of hydrogen-bond donors (Lipinski definition) is 1. The molecule has 1 fully saturated rings. The molecule has 0 aliphatic carbocycles. The summed E-state index contributed by atoms with van der Waals surface area (Å²) in [5, 5.41) is 2.83. The number of amides is 2. The standard InChI is InChI=1S/C17H19N5O2/c1-13-3-2-4-15(9-13)20-16(24)14-10-18-17(19-11-14)22-7-5-21(12-23)6-8-22/h2-4,9-12H,5-8H2,1H3,(H,20,24). The summed E-state index contributed by atoms with van der Waals surface area (Å²) in [7, 11) is 0. The van der Waals surface area contributed by atoms with Gasteiger partial charge in [0.2, 0.25) is 12.4 Å². The van der Waals surface area contributed by atoms with Gasteiger partial charge in [-0.05, 0) is 24.6 Å². The number of benzene rings is 1. The zero-order valence-corrected chi connectivity index (χ0v) is 13.5. The van der Waals surface area contributed by atoms with Crippen LogP contribution in [-0.4, -0.2) is 53.4 Å². The van der Waals surface area contributed by atoms with Gasteiger partial charge < -0.3 is 15.1 Å². The molecule has 1 aliphatic heterocycles. The van der Waals surface area contributed by atoms with Crippen molar-refractivity contribution in [3.8, 4) is 0 Å². The van der Waals surface area contributed by atoms with E-state index in [9.17, 15) is 9.59 Å². The molecule has 1 N–H and O–H groups in total. The average Bonchev–Trinajstić information content (AvgIpc) is 2.62. The first kappa shape index (κ1) is 15.9. The van der Waals surface area contributed by atoms with Crippen LogP contribution >= 0.6 is 0 Å². The molecule has 24 heavy (non-hydrogen) atoms. The lowest BCUT2D eigenvalue weighted by atomic mass is 10.2. The van der Waals surface area contributed by atoms with E-state index in [-0.39, 0.29) is 5.91 Å². The Morgan fingerprint density at radius 2 is 1.88 bits per heavy atom. The Bertz CT molecular complexity index is 724. The smallest absolute Gasteiger partial charge is 0.258 e. The van der Waals surface area contributed by atoms with Crippen LogP contribution in [0.3, 0.4) is 0 Å². The number of hydrogen-bond acceptors (Lipinski definition) is 5. The molecular formula is C17H19N5O2. The molecular weight excluding hydrogens is 306 g/mol. The fraction of sp³-hybridized carbons (Fsp3) is 0.294. The van der Waals surface area contributed by atoms with Gasteiger partial charge in [-0.3, -0.25) is 9.59 Å². The maximum atomic E-state index is 12.2. The summed E-state index contributed by atoms with van der Waals surface area (Å²) in [6.07, 6.45) is 3.91. The second-order valence-electron chi connectivity index (χ2n) is 5.72. The van der Waals surface area contributed by atoms with Crippen LogP contribution in [0.4, 0.5) is 11.6 Å². The van der Waals surface area contributed by atoms with Gasteiger partial charge in [0.05, 0.1) is 5.56 Å². The molecule has 0 radical (unpaired) electrons. The molecule has 0 saturated carbocycles. The number of aryl methyl sites for hydroxylation is 1. The normalized spacial score (nSPS) is 14.4. The Hall–Kier alpha value is -2.96. The van der Waals surface area contributed by atoms with E-state index in [2.05, 4.69) is 15.3 Å². The molecule has 2 aromatic rings. The number of rotatable bonds is 4. The number of aromatic nitrogens is 2. The Labute approximate surface area is 140 Å². The number of piperazine rings is 1. The lowest BCUT2D eigenvalue weighted by Gasteiger charge is -2.32. The predicted molar refractivity (Wildman–Crippen MR) is 91.0 cm³/mol. The van der Waals surface area contributed by atoms with Crippen LogP contribution in [0.5, 0.6) is 0 Å². The quantitative estimate of drug-likeness (QED) is 0.858. The lowest BCUT2D eigenvalue weighted by Crippen LogP contribution is -2.46. The highest BCUT2D eigenvalue weighted by Gasteiger charge is 2.18. The van der Waals surface area contributed by atoms with Crippen LogP contribution < -0.4 is 10.2 Å². The fourth-order valence-corrected chi connectivity index (χ4v) is 2.56. The number of carbonyl (C=O) groups is 2. The molecule has 0 unspecified atom stereocenters.